The number of fused-ring (bicyclic) bond motifs is 2. The highest BCUT2D eigenvalue weighted by Gasteiger charge is 2.46. The summed E-state index contributed by atoms with van der Waals surface area (Å²) in [6, 6.07) is 27.8. The van der Waals surface area contributed by atoms with Crippen LogP contribution in [0.2, 0.25) is 0 Å². The van der Waals surface area contributed by atoms with Crippen LogP contribution in [0, 0.1) is 5.92 Å². The normalized spacial score (nSPS) is 27.8. The van der Waals surface area contributed by atoms with E-state index < -0.39 is 0 Å². The fourth-order valence-electron chi connectivity index (χ4n) is 6.35. The lowest BCUT2D eigenvalue weighted by atomic mass is 9.70. The van der Waals surface area contributed by atoms with Crippen molar-refractivity contribution in [2.24, 2.45) is 5.92 Å². The van der Waals surface area contributed by atoms with E-state index in [4.69, 9.17) is 0 Å². The number of hydrogen-bond acceptors (Lipinski definition) is 2. The summed E-state index contributed by atoms with van der Waals surface area (Å²) < 4.78 is 1.09. The second-order valence-electron chi connectivity index (χ2n) is 9.88. The Hall–Kier alpha value is -2.69. The first-order chi connectivity index (χ1) is 16.7. The maximum absolute atomic E-state index is 14.2. The average molecular weight is 513 g/mol. The Labute approximate surface area is 210 Å². The molecule has 3 nitrogen and oxygen atoms in total. The van der Waals surface area contributed by atoms with Gasteiger partial charge in [-0.05, 0) is 41.2 Å². The molecular weight excluding hydrogens is 484 g/mol. The van der Waals surface area contributed by atoms with Crippen molar-refractivity contribution >= 4 is 27.9 Å². The average Bonchev–Trinajstić information content (AvgIpc) is 3.50. The van der Waals surface area contributed by atoms with E-state index in [1.807, 2.05) is 6.07 Å². The first kappa shape index (κ1) is 21.8. The number of carbonyl (C=O) groups excluding carboxylic acids is 1. The van der Waals surface area contributed by atoms with Crippen LogP contribution in [0.15, 0.2) is 89.4 Å². The molecule has 1 spiro atoms. The van der Waals surface area contributed by atoms with Crippen molar-refractivity contribution in [3.05, 3.63) is 112 Å². The number of halogens is 1. The summed E-state index contributed by atoms with van der Waals surface area (Å²) >= 11 is 3.72. The molecule has 3 aromatic carbocycles. The maximum atomic E-state index is 14.2. The smallest absolute Gasteiger partial charge is 0.228 e. The summed E-state index contributed by atoms with van der Waals surface area (Å²) in [5.41, 5.74) is 5.20. The Morgan fingerprint density at radius 2 is 1.71 bits per heavy atom. The summed E-state index contributed by atoms with van der Waals surface area (Å²) in [5.74, 6) is 0.414. The summed E-state index contributed by atoms with van der Waals surface area (Å²) in [5, 5.41) is 3.50. The Balaban J connectivity index is 1.34. The molecule has 0 saturated carbocycles. The van der Waals surface area contributed by atoms with Gasteiger partial charge in [-0.25, -0.2) is 0 Å². The van der Waals surface area contributed by atoms with E-state index in [-0.39, 0.29) is 29.2 Å². The predicted molar refractivity (Wildman–Crippen MR) is 141 cm³/mol. The van der Waals surface area contributed by atoms with E-state index in [9.17, 15) is 4.79 Å². The van der Waals surface area contributed by atoms with Crippen LogP contribution < -0.4 is 5.32 Å². The van der Waals surface area contributed by atoms with E-state index in [2.05, 4.69) is 111 Å². The van der Waals surface area contributed by atoms with Gasteiger partial charge in [0.2, 0.25) is 5.91 Å². The van der Waals surface area contributed by atoms with E-state index in [1.165, 1.54) is 22.3 Å². The van der Waals surface area contributed by atoms with Gasteiger partial charge in [0.1, 0.15) is 0 Å². The van der Waals surface area contributed by atoms with Gasteiger partial charge in [0.05, 0.1) is 12.0 Å². The first-order valence-electron chi connectivity index (χ1n) is 12.3. The zero-order valence-corrected chi connectivity index (χ0v) is 20.7. The van der Waals surface area contributed by atoms with E-state index in [0.717, 1.165) is 36.9 Å². The van der Waals surface area contributed by atoms with Gasteiger partial charge in [-0.1, -0.05) is 101 Å². The number of benzene rings is 3. The Morgan fingerprint density at radius 3 is 2.56 bits per heavy atom. The van der Waals surface area contributed by atoms with Crippen LogP contribution in [0.4, 0.5) is 0 Å². The highest BCUT2D eigenvalue weighted by molar-refractivity contribution is 9.10. The van der Waals surface area contributed by atoms with Crippen molar-refractivity contribution in [3.63, 3.8) is 0 Å². The standard InChI is InChI=1S/C30H29BrN2O/c31-27-13-7-5-11-23(27)24-19-32-20-25(24)29(34)33-17-16-30(15-14-21-8-4-6-12-26(21)30)18-28(33)22-9-2-1-3-10-22/h1-15,24-25,28,32H,16-20H2/t24-,25+,28?,30?/m0/s1. The molecular formula is C30H29BrN2O. The molecule has 172 valence electrons. The van der Waals surface area contributed by atoms with Crippen LogP contribution in [0.1, 0.15) is 47.1 Å². The molecule has 34 heavy (non-hydrogen) atoms. The maximum Gasteiger partial charge on any atom is 0.228 e. The predicted octanol–water partition coefficient (Wildman–Crippen LogP) is 6.08. The third-order valence-corrected chi connectivity index (χ3v) is 8.84. The number of nitrogens with zero attached hydrogens (tertiary/aromatic N) is 1. The number of nitrogens with one attached hydrogen (secondary N) is 1. The molecule has 3 aromatic rings. The molecule has 4 atom stereocenters. The highest BCUT2D eigenvalue weighted by Crippen LogP contribution is 2.50. The molecule has 2 heterocycles. The number of allylic oxidation sites excluding steroid dienone is 1. The lowest BCUT2D eigenvalue weighted by molar-refractivity contribution is -0.140. The molecule has 2 aliphatic heterocycles. The van der Waals surface area contributed by atoms with Gasteiger partial charge in [-0.3, -0.25) is 4.79 Å². The summed E-state index contributed by atoms with van der Waals surface area (Å²) in [6.07, 6.45) is 6.57. The fourth-order valence-corrected chi connectivity index (χ4v) is 6.93. The molecule has 6 rings (SSSR count). The van der Waals surface area contributed by atoms with Crippen molar-refractivity contribution in [1.82, 2.24) is 10.2 Å². The van der Waals surface area contributed by atoms with Crippen LogP contribution in [0.3, 0.4) is 0 Å². The van der Waals surface area contributed by atoms with Gasteiger partial charge in [-0.15, -0.1) is 0 Å². The number of amides is 1. The summed E-state index contributed by atoms with van der Waals surface area (Å²) in [7, 11) is 0. The minimum Gasteiger partial charge on any atom is -0.335 e. The second kappa shape index (κ2) is 8.83. The monoisotopic (exact) mass is 512 g/mol. The van der Waals surface area contributed by atoms with Crippen molar-refractivity contribution < 1.29 is 4.79 Å². The van der Waals surface area contributed by atoms with E-state index in [1.54, 1.807) is 0 Å². The Kier molecular flexibility index (Phi) is 5.66. The molecule has 1 amide bonds. The molecule has 1 aliphatic carbocycles. The molecule has 2 saturated heterocycles. The topological polar surface area (TPSA) is 32.3 Å². The minimum atomic E-state index is -0.0506. The zero-order chi connectivity index (χ0) is 23.1. The fraction of sp³-hybridized carbons (Fsp3) is 0.300. The van der Waals surface area contributed by atoms with Gasteiger partial charge >= 0.3 is 0 Å². The number of rotatable bonds is 3. The van der Waals surface area contributed by atoms with Gasteiger partial charge < -0.3 is 10.2 Å². The van der Waals surface area contributed by atoms with Gasteiger partial charge in [0.15, 0.2) is 0 Å². The van der Waals surface area contributed by atoms with Gasteiger partial charge in [-0.2, -0.15) is 0 Å². The quantitative estimate of drug-likeness (QED) is 0.461. The van der Waals surface area contributed by atoms with Crippen molar-refractivity contribution in [1.29, 1.82) is 0 Å². The summed E-state index contributed by atoms with van der Waals surface area (Å²) in [4.78, 5) is 16.4. The SMILES string of the molecule is O=C([C@@H]1CNC[C@H]1c1ccccc1Br)N1CCC2(C=Cc3ccccc32)CC1c1ccccc1. The summed E-state index contributed by atoms with van der Waals surface area (Å²) in [6.45, 7) is 2.34. The molecule has 0 radical (unpaired) electrons. The molecule has 2 fully saturated rings. The molecule has 4 heteroatoms. The van der Waals surface area contributed by atoms with E-state index in [0.29, 0.717) is 0 Å². The van der Waals surface area contributed by atoms with Crippen molar-refractivity contribution in [2.75, 3.05) is 19.6 Å². The first-order valence-corrected chi connectivity index (χ1v) is 13.0. The molecule has 0 bridgehead atoms. The number of hydrogen-bond donors (Lipinski definition) is 1. The van der Waals surface area contributed by atoms with Crippen LogP contribution >= 0.6 is 15.9 Å². The lowest BCUT2D eigenvalue weighted by Crippen LogP contribution is -2.49. The van der Waals surface area contributed by atoms with Crippen molar-refractivity contribution in [2.45, 2.75) is 30.2 Å². The molecule has 0 aromatic heterocycles. The van der Waals surface area contributed by atoms with Crippen LogP contribution in [0.5, 0.6) is 0 Å². The second-order valence-corrected chi connectivity index (χ2v) is 10.7. The highest BCUT2D eigenvalue weighted by atomic mass is 79.9. The molecule has 2 unspecified atom stereocenters. The minimum absolute atomic E-state index is 0.00364. The van der Waals surface area contributed by atoms with Crippen LogP contribution in [-0.2, 0) is 10.2 Å². The Bertz CT molecular complexity index is 1240. The largest absolute Gasteiger partial charge is 0.335 e. The van der Waals surface area contributed by atoms with Gasteiger partial charge in [0.25, 0.3) is 0 Å². The third kappa shape index (κ3) is 3.64. The van der Waals surface area contributed by atoms with E-state index >= 15 is 0 Å². The Morgan fingerprint density at radius 1 is 0.941 bits per heavy atom. The van der Waals surface area contributed by atoms with Crippen LogP contribution in [-0.4, -0.2) is 30.4 Å². The van der Waals surface area contributed by atoms with Gasteiger partial charge in [0, 0.05) is 35.4 Å². The third-order valence-electron chi connectivity index (χ3n) is 8.12. The van der Waals surface area contributed by atoms with Crippen molar-refractivity contribution in [3.8, 4) is 0 Å². The number of carbonyl (C=O) groups is 1. The van der Waals surface area contributed by atoms with Crippen LogP contribution in [0.25, 0.3) is 6.08 Å². The lowest BCUT2D eigenvalue weighted by Gasteiger charge is -2.46. The number of piperidine rings is 1. The number of likely N-dealkylation sites (tertiary alicyclic amines) is 1. The molecule has 3 aliphatic rings. The zero-order valence-electron chi connectivity index (χ0n) is 19.2. The molecule has 1 N–H and O–H groups in total.